The van der Waals surface area contributed by atoms with E-state index in [1.54, 1.807) is 41.7 Å². The van der Waals surface area contributed by atoms with Gasteiger partial charge in [0.15, 0.2) is 5.69 Å². The number of hydrogen-bond acceptors (Lipinski definition) is 7. The zero-order chi connectivity index (χ0) is 31.2. The minimum absolute atomic E-state index is 0.218. The Kier molecular flexibility index (Phi) is 9.28. The number of aliphatic carboxylic acids is 2. The Balaban J connectivity index is 0.000000289. The van der Waals surface area contributed by atoms with Crippen molar-refractivity contribution in [3.63, 3.8) is 0 Å². The number of pyridine rings is 1. The minimum atomic E-state index is -5.08. The fourth-order valence-electron chi connectivity index (χ4n) is 3.75. The van der Waals surface area contributed by atoms with Crippen molar-refractivity contribution in [2.24, 2.45) is 0 Å². The third kappa shape index (κ3) is 7.26. The predicted octanol–water partition coefficient (Wildman–Crippen LogP) is 3.10. The maximum atomic E-state index is 13.5. The van der Waals surface area contributed by atoms with Crippen LogP contribution < -0.4 is 5.56 Å². The standard InChI is InChI=1S/C20H16N6O2.2C2HF3O2/c27-19-13-6-2-1-5-12(13)16(24-25-19)20(28)26-10-8-14-17(23-11-22-14)18(26)15-7-3-4-9-21-15;2*3-2(4,5)1(6)7/h1-7,9,11,18H,8,10H2,(H,22,23)(H,25,27);2*(H,6,7). The van der Waals surface area contributed by atoms with E-state index in [2.05, 4.69) is 25.1 Å². The molecule has 18 heteroatoms. The number of fused-ring (bicyclic) bond motifs is 2. The molecule has 4 aromatic rings. The van der Waals surface area contributed by atoms with E-state index in [4.69, 9.17) is 19.8 Å². The Bertz CT molecular complexity index is 1610. The van der Waals surface area contributed by atoms with Gasteiger partial charge in [-0.3, -0.25) is 14.6 Å². The quantitative estimate of drug-likeness (QED) is 0.251. The topological polar surface area (TPSA) is 182 Å². The number of carbonyl (C=O) groups is 3. The molecule has 0 saturated carbocycles. The van der Waals surface area contributed by atoms with Crippen molar-refractivity contribution in [1.82, 2.24) is 30.0 Å². The molecule has 222 valence electrons. The van der Waals surface area contributed by atoms with Gasteiger partial charge in [0.25, 0.3) is 11.5 Å². The van der Waals surface area contributed by atoms with Crippen LogP contribution in [0.15, 0.2) is 59.8 Å². The van der Waals surface area contributed by atoms with Crippen LogP contribution >= 0.6 is 0 Å². The first-order valence-electron chi connectivity index (χ1n) is 11.4. The highest BCUT2D eigenvalue weighted by Crippen LogP contribution is 2.33. The molecule has 0 saturated heterocycles. The number of hydrogen-bond donors (Lipinski definition) is 4. The van der Waals surface area contributed by atoms with E-state index in [0.717, 1.165) is 17.1 Å². The van der Waals surface area contributed by atoms with Crippen molar-refractivity contribution in [3.05, 3.63) is 88.1 Å². The average Bonchev–Trinajstić information content (AvgIpc) is 3.42. The number of amides is 1. The number of carbonyl (C=O) groups excluding carboxylic acids is 1. The van der Waals surface area contributed by atoms with Crippen molar-refractivity contribution < 1.29 is 50.9 Å². The summed E-state index contributed by atoms with van der Waals surface area (Å²) in [5, 5.41) is 21.7. The second kappa shape index (κ2) is 12.5. The zero-order valence-corrected chi connectivity index (χ0v) is 20.8. The van der Waals surface area contributed by atoms with Crippen LogP contribution in [-0.2, 0) is 16.0 Å². The summed E-state index contributed by atoms with van der Waals surface area (Å²) in [6.45, 7) is 0.490. The summed E-state index contributed by atoms with van der Waals surface area (Å²) in [5.74, 6) is -5.78. The van der Waals surface area contributed by atoms with Gasteiger partial charge in [-0.1, -0.05) is 24.3 Å². The lowest BCUT2D eigenvalue weighted by atomic mass is 9.98. The summed E-state index contributed by atoms with van der Waals surface area (Å²) in [7, 11) is 0. The maximum absolute atomic E-state index is 13.5. The summed E-state index contributed by atoms with van der Waals surface area (Å²) >= 11 is 0. The molecule has 1 aromatic carbocycles. The molecule has 0 bridgehead atoms. The van der Waals surface area contributed by atoms with Gasteiger partial charge in [-0.25, -0.2) is 19.7 Å². The molecular weight excluding hydrogens is 582 g/mol. The van der Waals surface area contributed by atoms with Gasteiger partial charge in [0.2, 0.25) is 0 Å². The van der Waals surface area contributed by atoms with Crippen LogP contribution in [0.4, 0.5) is 26.3 Å². The van der Waals surface area contributed by atoms with Crippen molar-refractivity contribution >= 4 is 28.6 Å². The highest BCUT2D eigenvalue weighted by atomic mass is 19.4. The number of imidazole rings is 1. The van der Waals surface area contributed by atoms with E-state index in [0.29, 0.717) is 23.7 Å². The number of nitrogens with one attached hydrogen (secondary N) is 2. The smallest absolute Gasteiger partial charge is 0.475 e. The van der Waals surface area contributed by atoms with E-state index < -0.39 is 30.3 Å². The molecule has 12 nitrogen and oxygen atoms in total. The van der Waals surface area contributed by atoms with Gasteiger partial charge >= 0.3 is 24.3 Å². The second-order valence-electron chi connectivity index (χ2n) is 8.22. The molecule has 5 rings (SSSR count). The molecule has 1 aliphatic heterocycles. The van der Waals surface area contributed by atoms with Crippen LogP contribution in [0.2, 0.25) is 0 Å². The molecular formula is C24H18F6N6O6. The fourth-order valence-corrected chi connectivity index (χ4v) is 3.75. The highest BCUT2D eigenvalue weighted by Gasteiger charge is 2.39. The number of H-pyrrole nitrogens is 2. The molecule has 0 radical (unpaired) electrons. The summed E-state index contributed by atoms with van der Waals surface area (Å²) in [6, 6.07) is 12.2. The number of aromatic nitrogens is 5. The Morgan fingerprint density at radius 3 is 2.00 bits per heavy atom. The fraction of sp³-hybridized carbons (Fsp3) is 0.208. The molecule has 4 N–H and O–H groups in total. The van der Waals surface area contributed by atoms with Gasteiger partial charge in [-0.2, -0.15) is 31.4 Å². The van der Waals surface area contributed by atoms with Crippen molar-refractivity contribution in [3.8, 4) is 0 Å². The van der Waals surface area contributed by atoms with Gasteiger partial charge in [0.05, 0.1) is 23.1 Å². The second-order valence-corrected chi connectivity index (χ2v) is 8.22. The van der Waals surface area contributed by atoms with E-state index >= 15 is 0 Å². The molecule has 42 heavy (non-hydrogen) atoms. The Hall–Kier alpha value is -5.29. The number of nitrogens with zero attached hydrogens (tertiary/aromatic N) is 4. The summed E-state index contributed by atoms with van der Waals surface area (Å²) < 4.78 is 63.5. The van der Waals surface area contributed by atoms with Crippen LogP contribution in [0.5, 0.6) is 0 Å². The largest absolute Gasteiger partial charge is 0.490 e. The van der Waals surface area contributed by atoms with E-state index in [1.165, 1.54) is 0 Å². The van der Waals surface area contributed by atoms with Crippen molar-refractivity contribution in [2.45, 2.75) is 24.8 Å². The van der Waals surface area contributed by atoms with Gasteiger partial charge in [0.1, 0.15) is 6.04 Å². The van der Waals surface area contributed by atoms with Gasteiger partial charge in [-0.15, -0.1) is 0 Å². The van der Waals surface area contributed by atoms with E-state index in [1.807, 2.05) is 18.2 Å². The molecule has 0 spiro atoms. The van der Waals surface area contributed by atoms with Gasteiger partial charge < -0.3 is 20.1 Å². The number of alkyl halides is 6. The maximum Gasteiger partial charge on any atom is 0.490 e. The SMILES string of the molecule is O=C(O)C(F)(F)F.O=C(O)C(F)(F)F.O=C(c1n[nH]c(=O)c2ccccc12)N1CCc2[nH]cnc2C1c1ccccn1. The third-order valence-electron chi connectivity index (χ3n) is 5.54. The monoisotopic (exact) mass is 600 g/mol. The first kappa shape index (κ1) is 31.2. The lowest BCUT2D eigenvalue weighted by Gasteiger charge is -2.34. The van der Waals surface area contributed by atoms with Crippen LogP contribution in [-0.4, -0.2) is 77.0 Å². The summed E-state index contributed by atoms with van der Waals surface area (Å²) in [4.78, 5) is 57.2. The highest BCUT2D eigenvalue weighted by molar-refractivity contribution is 6.05. The minimum Gasteiger partial charge on any atom is -0.475 e. The lowest BCUT2D eigenvalue weighted by molar-refractivity contribution is -0.193. The van der Waals surface area contributed by atoms with E-state index in [-0.39, 0.29) is 17.2 Å². The summed E-state index contributed by atoms with van der Waals surface area (Å²) in [5.41, 5.74) is 2.42. The lowest BCUT2D eigenvalue weighted by Crippen LogP contribution is -2.41. The number of rotatable bonds is 2. The first-order valence-corrected chi connectivity index (χ1v) is 11.4. The average molecular weight is 600 g/mol. The normalized spacial score (nSPS) is 14.5. The Labute approximate surface area is 229 Å². The third-order valence-corrected chi connectivity index (χ3v) is 5.54. The number of aromatic amines is 2. The van der Waals surface area contributed by atoms with Crippen LogP contribution in [0.1, 0.15) is 33.6 Å². The number of benzene rings is 1. The molecule has 4 heterocycles. The Morgan fingerprint density at radius 1 is 0.881 bits per heavy atom. The molecule has 3 aromatic heterocycles. The number of halogens is 6. The molecule has 0 aliphatic carbocycles. The van der Waals surface area contributed by atoms with Crippen molar-refractivity contribution in [2.75, 3.05) is 6.54 Å². The van der Waals surface area contributed by atoms with E-state index in [9.17, 15) is 35.9 Å². The Morgan fingerprint density at radius 2 is 1.45 bits per heavy atom. The first-order chi connectivity index (χ1) is 19.6. The van der Waals surface area contributed by atoms with Gasteiger partial charge in [0, 0.05) is 30.2 Å². The zero-order valence-electron chi connectivity index (χ0n) is 20.8. The predicted molar refractivity (Wildman–Crippen MR) is 129 cm³/mol. The molecule has 1 unspecified atom stereocenters. The van der Waals surface area contributed by atoms with Crippen LogP contribution in [0, 0.1) is 0 Å². The van der Waals surface area contributed by atoms with Crippen molar-refractivity contribution in [1.29, 1.82) is 0 Å². The number of carboxylic acids is 2. The molecule has 1 atom stereocenters. The number of carboxylic acid groups (broad SMARTS) is 2. The van der Waals surface area contributed by atoms with Crippen LogP contribution in [0.3, 0.4) is 0 Å². The summed E-state index contributed by atoms with van der Waals surface area (Å²) in [6.07, 6.45) is -6.17. The molecule has 0 fully saturated rings. The molecule has 1 amide bonds. The van der Waals surface area contributed by atoms with Crippen LogP contribution in [0.25, 0.3) is 10.8 Å². The van der Waals surface area contributed by atoms with Gasteiger partial charge in [-0.05, 0) is 18.2 Å². The molecule has 1 aliphatic rings.